The topological polar surface area (TPSA) is 165 Å². The number of aromatic nitrogens is 4. The van der Waals surface area contributed by atoms with E-state index in [1.54, 1.807) is 42.5 Å². The quantitative estimate of drug-likeness (QED) is 0.0984. The van der Waals surface area contributed by atoms with Gasteiger partial charge in [-0.05, 0) is 82.9 Å². The zero-order valence-electron chi connectivity index (χ0n) is 28.2. The lowest BCUT2D eigenvalue weighted by Crippen LogP contribution is -2.53. The molecule has 0 aliphatic carbocycles. The van der Waals surface area contributed by atoms with E-state index >= 15 is 0 Å². The Morgan fingerprint density at radius 3 is 1.57 bits per heavy atom. The summed E-state index contributed by atoms with van der Waals surface area (Å²) in [5.41, 5.74) is 9.07. The largest absolute Gasteiger partial charge is 0.480 e. The van der Waals surface area contributed by atoms with E-state index in [1.807, 2.05) is 12.1 Å². The average molecular weight is 769 g/mol. The van der Waals surface area contributed by atoms with Crippen LogP contribution in [-0.4, -0.2) is 44.3 Å². The highest BCUT2D eigenvalue weighted by Gasteiger charge is 2.41. The number of H-pyrrole nitrogens is 2. The normalized spacial score (nSPS) is 17.0. The number of nitrogens with zero attached hydrogens (tertiary/aromatic N) is 4. The Labute approximate surface area is 308 Å². The van der Waals surface area contributed by atoms with Crippen molar-refractivity contribution in [1.82, 2.24) is 31.2 Å². The summed E-state index contributed by atoms with van der Waals surface area (Å²) >= 11 is 0. The van der Waals surface area contributed by atoms with Crippen molar-refractivity contribution in [3.63, 3.8) is 0 Å². The zero-order chi connectivity index (χ0) is 37.6. The molecule has 4 aromatic carbocycles. The molecule has 4 heterocycles. The standard InChI is InChI=1S/C37H30F2N8O5S2/c1-52-33-22-32(42-43-33)47-35(54(50,51)28-16-12-26(39)13-17-28)21-24-7-3-5-9-30(24)37(47)45-44-36-29-8-4-2-6-23(29)20-34(46(36)31-18-19-40-41-31)53(48,49)27-14-10-25(38)11-15-27/h2-22,36-37,44-45H,1H3,(H,40,41)(H,42,43). The van der Waals surface area contributed by atoms with Crippen molar-refractivity contribution < 1.29 is 30.4 Å². The second kappa shape index (κ2) is 13.7. The molecular weight excluding hydrogens is 739 g/mol. The first kappa shape index (κ1) is 34.9. The van der Waals surface area contributed by atoms with Gasteiger partial charge in [0.15, 0.2) is 0 Å². The van der Waals surface area contributed by atoms with Crippen LogP contribution >= 0.6 is 0 Å². The van der Waals surface area contributed by atoms with E-state index in [0.29, 0.717) is 28.1 Å². The maximum Gasteiger partial charge on any atom is 0.234 e. The van der Waals surface area contributed by atoms with Crippen LogP contribution in [0.15, 0.2) is 135 Å². The molecule has 8 rings (SSSR count). The van der Waals surface area contributed by atoms with Crippen LogP contribution in [0.5, 0.6) is 5.88 Å². The fourth-order valence-corrected chi connectivity index (χ4v) is 9.43. The van der Waals surface area contributed by atoms with Crippen molar-refractivity contribution in [3.8, 4) is 5.88 Å². The van der Waals surface area contributed by atoms with E-state index in [9.17, 15) is 25.6 Å². The summed E-state index contributed by atoms with van der Waals surface area (Å²) in [6, 6.07) is 26.5. The molecule has 0 saturated carbocycles. The van der Waals surface area contributed by atoms with Gasteiger partial charge >= 0.3 is 0 Å². The van der Waals surface area contributed by atoms with E-state index in [-0.39, 0.29) is 31.5 Å². The molecule has 0 radical (unpaired) electrons. The smallest absolute Gasteiger partial charge is 0.234 e. The third-order valence-electron chi connectivity index (χ3n) is 9.04. The van der Waals surface area contributed by atoms with Gasteiger partial charge in [0, 0.05) is 12.1 Å². The van der Waals surface area contributed by atoms with Crippen LogP contribution < -0.4 is 25.4 Å². The summed E-state index contributed by atoms with van der Waals surface area (Å²) < 4.78 is 90.8. The molecule has 54 heavy (non-hydrogen) atoms. The summed E-state index contributed by atoms with van der Waals surface area (Å²) in [5.74, 6) is -0.471. The Hall–Kier alpha value is -6.14. The maximum atomic E-state index is 14.4. The van der Waals surface area contributed by atoms with Crippen LogP contribution in [0.2, 0.25) is 0 Å². The molecule has 13 nitrogen and oxygen atoms in total. The minimum absolute atomic E-state index is 0.132. The van der Waals surface area contributed by atoms with Gasteiger partial charge in [0.05, 0.1) is 23.1 Å². The van der Waals surface area contributed by atoms with Crippen LogP contribution in [0.25, 0.3) is 12.2 Å². The number of aromatic amines is 2. The predicted octanol–water partition coefficient (Wildman–Crippen LogP) is 5.80. The number of halogens is 2. The minimum Gasteiger partial charge on any atom is -0.480 e. The molecule has 0 bridgehead atoms. The first-order valence-electron chi connectivity index (χ1n) is 16.4. The van der Waals surface area contributed by atoms with Gasteiger partial charge in [-0.1, -0.05) is 48.5 Å². The number of fused-ring (bicyclic) bond motifs is 2. The van der Waals surface area contributed by atoms with Gasteiger partial charge < -0.3 is 4.74 Å². The van der Waals surface area contributed by atoms with Gasteiger partial charge in [0.25, 0.3) is 0 Å². The highest BCUT2D eigenvalue weighted by molar-refractivity contribution is 7.95. The molecule has 0 fully saturated rings. The summed E-state index contributed by atoms with van der Waals surface area (Å²) in [5, 5.41) is 13.7. The number of anilines is 2. The number of nitrogens with one attached hydrogen (secondary N) is 4. The second-order valence-electron chi connectivity index (χ2n) is 12.2. The summed E-state index contributed by atoms with van der Waals surface area (Å²) in [4.78, 5) is 2.70. The van der Waals surface area contributed by atoms with Crippen molar-refractivity contribution in [3.05, 3.63) is 159 Å². The number of hydrazine groups is 1. The molecule has 2 aliphatic rings. The van der Waals surface area contributed by atoms with Gasteiger partial charge in [-0.15, -0.1) is 5.10 Å². The Balaban J connectivity index is 1.26. The van der Waals surface area contributed by atoms with Crippen LogP contribution in [0.3, 0.4) is 0 Å². The van der Waals surface area contributed by atoms with Crippen LogP contribution in [0.1, 0.15) is 34.6 Å². The Morgan fingerprint density at radius 2 is 1.13 bits per heavy atom. The van der Waals surface area contributed by atoms with E-state index < -0.39 is 43.6 Å². The molecule has 0 spiro atoms. The molecule has 2 atom stereocenters. The van der Waals surface area contributed by atoms with Gasteiger partial charge in [-0.2, -0.15) is 5.10 Å². The van der Waals surface area contributed by atoms with Crippen LogP contribution in [0.4, 0.5) is 20.4 Å². The average Bonchev–Trinajstić information content (AvgIpc) is 3.90. The molecule has 4 N–H and O–H groups in total. The van der Waals surface area contributed by atoms with Gasteiger partial charge in [-0.25, -0.2) is 36.5 Å². The SMILES string of the molecule is COc1cc(N2C(S(=O)(=O)c3ccc(F)cc3)=Cc3ccccc3C2NNC2c3ccccc3C=C(S(=O)(=O)c3ccc(F)cc3)N2c2ccn[nH]2)[nH]n1. The summed E-state index contributed by atoms with van der Waals surface area (Å²) in [6.07, 6.45) is 2.56. The fourth-order valence-electron chi connectivity index (χ4n) is 6.47. The lowest BCUT2D eigenvalue weighted by atomic mass is 10.0. The molecule has 6 aromatic rings. The Kier molecular flexibility index (Phi) is 8.85. The number of hydrogen-bond donors (Lipinski definition) is 4. The molecular formula is C37H30F2N8O5S2. The van der Waals surface area contributed by atoms with Crippen molar-refractivity contribution in [2.75, 3.05) is 16.9 Å². The van der Waals surface area contributed by atoms with Crippen molar-refractivity contribution >= 4 is 43.5 Å². The number of benzene rings is 4. The molecule has 2 aliphatic heterocycles. The number of sulfone groups is 2. The van der Waals surface area contributed by atoms with Gasteiger partial charge in [-0.3, -0.25) is 20.0 Å². The number of hydrogen-bond acceptors (Lipinski definition) is 11. The number of methoxy groups -OCH3 is 1. The molecule has 0 saturated heterocycles. The van der Waals surface area contributed by atoms with E-state index in [0.717, 1.165) is 24.3 Å². The highest BCUT2D eigenvalue weighted by Crippen LogP contribution is 2.43. The maximum absolute atomic E-state index is 14.4. The second-order valence-corrected chi connectivity index (χ2v) is 16.0. The Bertz CT molecular complexity index is 2630. The first-order valence-corrected chi connectivity index (χ1v) is 19.3. The van der Waals surface area contributed by atoms with E-state index in [2.05, 4.69) is 31.2 Å². The van der Waals surface area contributed by atoms with E-state index in [4.69, 9.17) is 4.74 Å². The lowest BCUT2D eigenvalue weighted by molar-refractivity contribution is 0.374. The van der Waals surface area contributed by atoms with Crippen molar-refractivity contribution in [1.29, 1.82) is 0 Å². The highest BCUT2D eigenvalue weighted by atomic mass is 32.2. The van der Waals surface area contributed by atoms with E-state index in [1.165, 1.54) is 65.6 Å². The third-order valence-corrected chi connectivity index (χ3v) is 12.6. The molecule has 0 amide bonds. The molecule has 2 aromatic heterocycles. The number of ether oxygens (including phenoxy) is 1. The lowest BCUT2D eigenvalue weighted by Gasteiger charge is -2.42. The minimum atomic E-state index is -4.32. The third kappa shape index (κ3) is 6.11. The van der Waals surface area contributed by atoms with Crippen LogP contribution in [-0.2, 0) is 19.7 Å². The predicted molar refractivity (Wildman–Crippen MR) is 196 cm³/mol. The molecule has 274 valence electrons. The van der Waals surface area contributed by atoms with Crippen LogP contribution in [0, 0.1) is 11.6 Å². The van der Waals surface area contributed by atoms with Gasteiger partial charge in [0.1, 0.15) is 45.7 Å². The molecule has 17 heteroatoms. The van der Waals surface area contributed by atoms with Crippen molar-refractivity contribution in [2.24, 2.45) is 0 Å². The summed E-state index contributed by atoms with van der Waals surface area (Å²) in [7, 11) is -7.19. The Morgan fingerprint density at radius 1 is 0.648 bits per heavy atom. The zero-order valence-corrected chi connectivity index (χ0v) is 29.8. The van der Waals surface area contributed by atoms with Gasteiger partial charge in [0.2, 0.25) is 25.6 Å². The summed E-state index contributed by atoms with van der Waals surface area (Å²) in [6.45, 7) is 0. The number of rotatable bonds is 10. The fraction of sp³-hybridized carbons (Fsp3) is 0.0811. The molecule has 2 unspecified atom stereocenters. The first-order chi connectivity index (χ1) is 26.1. The van der Waals surface area contributed by atoms with Crippen molar-refractivity contribution in [2.45, 2.75) is 22.1 Å². The monoisotopic (exact) mass is 768 g/mol.